The summed E-state index contributed by atoms with van der Waals surface area (Å²) in [6.07, 6.45) is 1.72. The molecule has 2 aromatic rings. The molecule has 1 aliphatic rings. The van der Waals surface area contributed by atoms with Crippen molar-refractivity contribution in [1.29, 1.82) is 0 Å². The quantitative estimate of drug-likeness (QED) is 0.0336. The second-order valence-corrected chi connectivity index (χ2v) is 28.6. The van der Waals surface area contributed by atoms with Crippen LogP contribution in [0.4, 0.5) is 0 Å². The molecule has 1 fully saturated rings. The van der Waals surface area contributed by atoms with Crippen LogP contribution in [0.2, 0.25) is 0 Å². The van der Waals surface area contributed by atoms with Gasteiger partial charge in [0.1, 0.15) is 19.1 Å². The number of nitrogens with zero attached hydrogens (tertiary/aromatic N) is 4. The van der Waals surface area contributed by atoms with Gasteiger partial charge in [-0.15, -0.1) is 5.10 Å². The SMILES string of the molecule is CCCOCCOCCOCCOCCOCCOP(=O)(O)OCCCCc1cn(COCCC(=O)NCCCCCCOP(=O)(O)OP(=O)(O)OP(=O)(O)OP(=O)(O)OP(=O)(O)OP(=O)(O)OC[C@H]2O[C@@H](n3cc(C)c(=O)[nH]c3=O)CC2O)nn1. The summed E-state index contributed by atoms with van der Waals surface area (Å²) < 4.78 is 163. The number of amides is 1. The van der Waals surface area contributed by atoms with Gasteiger partial charge in [0, 0.05) is 31.3 Å². The number of aliphatic hydroxyl groups is 1. The van der Waals surface area contributed by atoms with E-state index in [-0.39, 0.29) is 77.0 Å². The minimum absolute atomic E-state index is 0.00163. The lowest BCUT2D eigenvalue weighted by atomic mass is 10.2. The van der Waals surface area contributed by atoms with Crippen molar-refractivity contribution in [3.05, 3.63) is 44.5 Å². The van der Waals surface area contributed by atoms with Crippen LogP contribution in [0.15, 0.2) is 22.0 Å². The van der Waals surface area contributed by atoms with Crippen molar-refractivity contribution in [3.8, 4) is 0 Å². The van der Waals surface area contributed by atoms with E-state index < -0.39 is 97.7 Å². The van der Waals surface area contributed by atoms with E-state index in [0.29, 0.717) is 97.1 Å². The highest BCUT2D eigenvalue weighted by Crippen LogP contribution is 2.75. The van der Waals surface area contributed by atoms with Crippen molar-refractivity contribution >= 4 is 60.7 Å². The van der Waals surface area contributed by atoms with Crippen LogP contribution in [-0.2, 0) is 123 Å². The minimum Gasteiger partial charge on any atom is -0.390 e. The highest BCUT2D eigenvalue weighted by Gasteiger charge is 2.50. The van der Waals surface area contributed by atoms with Gasteiger partial charge in [0.2, 0.25) is 5.91 Å². The Kier molecular flexibility index (Phi) is 35.8. The van der Waals surface area contributed by atoms with Gasteiger partial charge in [-0.1, -0.05) is 25.0 Å². The van der Waals surface area contributed by atoms with Crippen LogP contribution >= 0.6 is 54.8 Å². The first-order valence-electron chi connectivity index (χ1n) is 26.0. The molecular formula is C39H75N6O34P7. The van der Waals surface area contributed by atoms with Gasteiger partial charge >= 0.3 is 60.4 Å². The summed E-state index contributed by atoms with van der Waals surface area (Å²) in [6, 6.07) is 0. The van der Waals surface area contributed by atoms with Gasteiger partial charge in [-0.05, 0) is 45.4 Å². The number of ether oxygens (including phenoxy) is 7. The zero-order chi connectivity index (χ0) is 63.9. The number of aromatic amines is 1. The molecule has 10 atom stereocenters. The number of aliphatic hydroxyl groups excluding tert-OH is 1. The first-order valence-corrected chi connectivity index (χ1v) is 36.5. The first-order chi connectivity index (χ1) is 40.3. The van der Waals surface area contributed by atoms with Crippen LogP contribution < -0.4 is 16.6 Å². The Morgan fingerprint density at radius 3 is 1.64 bits per heavy atom. The molecule has 40 nitrogen and oxygen atoms in total. The highest BCUT2D eigenvalue weighted by atomic mass is 31.3. The van der Waals surface area contributed by atoms with E-state index in [0.717, 1.165) is 17.2 Å². The van der Waals surface area contributed by atoms with Gasteiger partial charge < -0.3 is 77.8 Å². The molecule has 0 bridgehead atoms. The summed E-state index contributed by atoms with van der Waals surface area (Å²) in [5, 5.41) is 20.9. The third-order valence-corrected chi connectivity index (χ3v) is 20.7. The molecule has 3 heterocycles. The van der Waals surface area contributed by atoms with Crippen molar-refractivity contribution < 1.29 is 149 Å². The molecule has 1 aliphatic heterocycles. The van der Waals surface area contributed by atoms with Crippen molar-refractivity contribution in [2.45, 2.75) is 103 Å². The monoisotopic (exact) mass is 1390 g/mol. The van der Waals surface area contributed by atoms with E-state index in [2.05, 4.69) is 46.2 Å². The molecule has 10 N–H and O–H groups in total. The van der Waals surface area contributed by atoms with Crippen LogP contribution in [-0.4, -0.2) is 188 Å². The fourth-order valence-electron chi connectivity index (χ4n) is 6.64. The zero-order valence-corrected chi connectivity index (χ0v) is 52.9. The number of aromatic nitrogens is 5. The number of phosphoric ester groups is 3. The van der Waals surface area contributed by atoms with Gasteiger partial charge in [-0.25, -0.2) is 41.4 Å². The first kappa shape index (κ1) is 78.2. The molecule has 0 aromatic carbocycles. The molecule has 500 valence electrons. The summed E-state index contributed by atoms with van der Waals surface area (Å²) in [4.78, 5) is 107. The smallest absolute Gasteiger partial charge is 0.390 e. The van der Waals surface area contributed by atoms with Gasteiger partial charge in [0.05, 0.1) is 117 Å². The van der Waals surface area contributed by atoms with Gasteiger partial charge in [-0.2, -0.15) is 21.6 Å². The van der Waals surface area contributed by atoms with Crippen molar-refractivity contribution in [2.24, 2.45) is 0 Å². The third-order valence-electron chi connectivity index (χ3n) is 10.4. The van der Waals surface area contributed by atoms with Gasteiger partial charge in [0.15, 0.2) is 0 Å². The predicted molar refractivity (Wildman–Crippen MR) is 288 cm³/mol. The van der Waals surface area contributed by atoms with Crippen molar-refractivity contribution in [3.63, 3.8) is 0 Å². The number of rotatable bonds is 51. The fraction of sp³-hybridized carbons (Fsp3) is 0.821. The van der Waals surface area contributed by atoms with Crippen LogP contribution in [0, 0.1) is 6.92 Å². The predicted octanol–water partition coefficient (Wildman–Crippen LogP) is 2.49. The molecule has 1 saturated heterocycles. The van der Waals surface area contributed by atoms with E-state index in [1.54, 1.807) is 6.20 Å². The van der Waals surface area contributed by atoms with Crippen LogP contribution in [0.25, 0.3) is 0 Å². The maximum Gasteiger partial charge on any atom is 0.490 e. The molecule has 0 saturated carbocycles. The molecule has 86 heavy (non-hydrogen) atoms. The van der Waals surface area contributed by atoms with E-state index in [1.165, 1.54) is 11.6 Å². The number of aryl methyl sites for hydroxylation is 2. The largest absolute Gasteiger partial charge is 0.490 e. The van der Waals surface area contributed by atoms with E-state index >= 15 is 0 Å². The molecule has 8 unspecified atom stereocenters. The molecule has 0 spiro atoms. The number of phosphoric acid groups is 7. The number of unbranched alkanes of at least 4 members (excludes halogenated alkanes) is 4. The maximum absolute atomic E-state index is 12.4. The number of carbonyl (C=O) groups is 1. The van der Waals surface area contributed by atoms with E-state index in [9.17, 15) is 85.7 Å². The molecule has 47 heteroatoms. The Morgan fingerprint density at radius 1 is 0.605 bits per heavy atom. The molecule has 1 amide bonds. The van der Waals surface area contributed by atoms with Crippen molar-refractivity contribution in [1.82, 2.24) is 29.9 Å². The third kappa shape index (κ3) is 35.5. The number of hydrogen-bond donors (Lipinski definition) is 10. The normalized spacial score (nSPS) is 20.5. The number of H-pyrrole nitrogens is 1. The van der Waals surface area contributed by atoms with E-state index in [1.807, 2.05) is 11.9 Å². The number of hydrogen-bond acceptors (Lipinski definition) is 29. The second kappa shape index (κ2) is 39.4. The lowest BCUT2D eigenvalue weighted by molar-refractivity contribution is -0.122. The molecule has 3 rings (SSSR count). The molecule has 0 radical (unpaired) electrons. The zero-order valence-electron chi connectivity index (χ0n) is 46.6. The lowest BCUT2D eigenvalue weighted by Gasteiger charge is -2.21. The Hall–Kier alpha value is -2.06. The number of carbonyl (C=O) groups excluding carboxylic acids is 1. The van der Waals surface area contributed by atoms with E-state index in [4.69, 9.17) is 42.2 Å². The Labute approximate surface area is 491 Å². The van der Waals surface area contributed by atoms with Gasteiger partial charge in [0.25, 0.3) is 5.56 Å². The maximum atomic E-state index is 12.4. The van der Waals surface area contributed by atoms with Crippen LogP contribution in [0.3, 0.4) is 0 Å². The topological polar surface area (TPSA) is 544 Å². The fourth-order valence-corrected chi connectivity index (χ4v) is 15.2. The standard InChI is InChI=1S/C39H75N6O34P7/c1-3-13-64-17-18-65-19-20-66-21-22-67-23-24-68-25-26-72-80(50,51)70-15-9-6-10-33-29-44(43-42-33)31-69-16-11-36(47)40-12-7-4-5-8-14-71-81(52,53)75-83(56,57)77-85(60,61)79-86(62,63)78-84(58,59)76-82(54,55)73-30-35-34(46)27-37(74-35)45-28-32(2)38(48)41-39(45)49/h28-29,34-35,37,46H,3-27,30-31H2,1-2H3,(H,40,47)(H,50,51)(H,52,53)(H,54,55)(H,56,57)(H,58,59)(H,60,61)(H,62,63)(H,41,48,49)/t34?,35-,37-/m1/s1. The highest BCUT2D eigenvalue weighted by molar-refractivity contribution is 7.72. The minimum atomic E-state index is -6.53. The summed E-state index contributed by atoms with van der Waals surface area (Å²) in [5.74, 6) is -0.336. The average Bonchev–Trinajstić information content (AvgIpc) is 2.35. The Bertz CT molecular complexity index is 2810. The van der Waals surface area contributed by atoms with Crippen LogP contribution in [0.1, 0.15) is 82.2 Å². The Morgan fingerprint density at radius 2 is 1.08 bits per heavy atom. The summed E-state index contributed by atoms with van der Waals surface area (Å²) >= 11 is 0. The number of nitrogens with one attached hydrogen (secondary N) is 2. The average molecular weight is 1390 g/mol. The molecule has 0 aliphatic carbocycles. The molecule has 2 aromatic heterocycles. The second-order valence-electron chi connectivity index (χ2n) is 17.7. The molecular weight excluding hydrogens is 1310 g/mol. The lowest BCUT2D eigenvalue weighted by Crippen LogP contribution is -2.33. The van der Waals surface area contributed by atoms with Crippen molar-refractivity contribution in [2.75, 3.05) is 106 Å². The Balaban J connectivity index is 1.18. The van der Waals surface area contributed by atoms with Gasteiger partial charge in [-0.3, -0.25) is 37.2 Å². The summed E-state index contributed by atoms with van der Waals surface area (Å²) in [7, 11) is -41.4. The summed E-state index contributed by atoms with van der Waals surface area (Å²) in [6.45, 7) is 5.81. The van der Waals surface area contributed by atoms with Crippen LogP contribution in [0.5, 0.6) is 0 Å². The summed E-state index contributed by atoms with van der Waals surface area (Å²) in [5.41, 5.74) is -0.961.